The Labute approximate surface area is 250 Å². The van der Waals surface area contributed by atoms with Gasteiger partial charge in [-0.1, -0.05) is 13.3 Å². The zero-order valence-corrected chi connectivity index (χ0v) is 25.1. The molecule has 226 valence electrons. The van der Waals surface area contributed by atoms with Gasteiger partial charge in [-0.2, -0.15) is 0 Å². The zero-order valence-electron chi connectivity index (χ0n) is 25.1. The second-order valence-corrected chi connectivity index (χ2v) is 12.3. The summed E-state index contributed by atoms with van der Waals surface area (Å²) in [6.45, 7) is 7.76. The van der Waals surface area contributed by atoms with E-state index >= 15 is 0 Å². The summed E-state index contributed by atoms with van der Waals surface area (Å²) >= 11 is 0. The Bertz CT molecular complexity index is 1690. The van der Waals surface area contributed by atoms with E-state index in [2.05, 4.69) is 11.8 Å². The topological polar surface area (TPSA) is 103 Å². The second-order valence-electron chi connectivity index (χ2n) is 12.3. The Morgan fingerprint density at radius 3 is 2.56 bits per heavy atom. The molecule has 4 aliphatic rings. The van der Waals surface area contributed by atoms with E-state index in [4.69, 9.17) is 19.2 Å². The molecule has 0 N–H and O–H groups in total. The van der Waals surface area contributed by atoms with Crippen molar-refractivity contribution in [1.29, 1.82) is 0 Å². The minimum atomic E-state index is -1.36. The summed E-state index contributed by atoms with van der Waals surface area (Å²) in [6, 6.07) is 7.96. The molecule has 0 spiro atoms. The SMILES string of the molecule is CCc1c2c(nc3ccc(OC(=O)N4CCC(N5CCCCC5)CC4)cc13)-c1cc3c(c(=O)n1C2)COC(=O)C3(C)OC. The fraction of sp³-hybridized carbons (Fsp3) is 0.515. The maximum absolute atomic E-state index is 13.6. The average Bonchev–Trinajstić information content (AvgIpc) is 3.41. The molecular weight excluding hydrogens is 548 g/mol. The van der Waals surface area contributed by atoms with Crippen LogP contribution in [0, 0.1) is 0 Å². The summed E-state index contributed by atoms with van der Waals surface area (Å²) in [5.74, 6) is -0.0268. The first-order valence-electron chi connectivity index (χ1n) is 15.5. The predicted molar refractivity (Wildman–Crippen MR) is 160 cm³/mol. The summed E-state index contributed by atoms with van der Waals surface area (Å²) in [7, 11) is 1.44. The zero-order chi connectivity index (χ0) is 29.9. The van der Waals surface area contributed by atoms with E-state index in [0.29, 0.717) is 54.7 Å². The van der Waals surface area contributed by atoms with E-state index in [1.807, 2.05) is 23.1 Å². The summed E-state index contributed by atoms with van der Waals surface area (Å²) in [4.78, 5) is 48.8. The maximum atomic E-state index is 13.6. The van der Waals surface area contributed by atoms with E-state index in [9.17, 15) is 14.4 Å². The number of esters is 1. The minimum absolute atomic E-state index is 0.0801. The number of cyclic esters (lactones) is 1. The van der Waals surface area contributed by atoms with Crippen molar-refractivity contribution in [2.75, 3.05) is 33.3 Å². The van der Waals surface area contributed by atoms with Gasteiger partial charge in [-0.25, -0.2) is 14.6 Å². The molecule has 6 heterocycles. The van der Waals surface area contributed by atoms with Crippen molar-refractivity contribution in [1.82, 2.24) is 19.4 Å². The van der Waals surface area contributed by atoms with Crippen LogP contribution in [0.15, 0.2) is 29.1 Å². The number of nitrogens with zero attached hydrogens (tertiary/aromatic N) is 4. The van der Waals surface area contributed by atoms with Crippen molar-refractivity contribution in [3.8, 4) is 17.1 Å². The molecule has 10 nitrogen and oxygen atoms in total. The quantitative estimate of drug-likeness (QED) is 0.325. The molecule has 2 saturated heterocycles. The summed E-state index contributed by atoms with van der Waals surface area (Å²) in [5, 5.41) is 0.904. The van der Waals surface area contributed by atoms with Gasteiger partial charge in [0, 0.05) is 42.8 Å². The first kappa shape index (κ1) is 28.0. The van der Waals surface area contributed by atoms with Gasteiger partial charge in [-0.3, -0.25) is 4.79 Å². The van der Waals surface area contributed by atoms with Crippen LogP contribution in [0.5, 0.6) is 5.75 Å². The third-order valence-corrected chi connectivity index (χ3v) is 9.98. The van der Waals surface area contributed by atoms with Crippen LogP contribution in [0.2, 0.25) is 0 Å². The Morgan fingerprint density at radius 1 is 1.07 bits per heavy atom. The molecule has 0 bridgehead atoms. The normalized spacial score (nSPS) is 22.2. The molecule has 7 rings (SSSR count). The van der Waals surface area contributed by atoms with E-state index in [1.54, 1.807) is 17.6 Å². The number of ether oxygens (including phenoxy) is 3. The van der Waals surface area contributed by atoms with Crippen molar-refractivity contribution in [3.63, 3.8) is 0 Å². The lowest BCUT2D eigenvalue weighted by atomic mass is 9.89. The third kappa shape index (κ3) is 4.53. The standard InChI is InChI=1S/C33H38N4O6/c1-4-22-23-16-21(43-32(40)36-14-10-20(11-15-36)35-12-6-5-7-13-35)8-9-27(23)34-29-24(22)18-37-28(29)17-26-25(30(37)38)19-42-31(39)33(26,2)41-3/h8-9,16-17,20H,4-7,10-15,18-19H2,1-3H3. The van der Waals surface area contributed by atoms with Gasteiger partial charge in [0.15, 0.2) is 5.60 Å². The molecule has 0 radical (unpaired) electrons. The molecule has 10 heteroatoms. The Balaban J connectivity index is 1.16. The lowest BCUT2D eigenvalue weighted by Gasteiger charge is -2.39. The van der Waals surface area contributed by atoms with E-state index in [1.165, 1.54) is 39.5 Å². The van der Waals surface area contributed by atoms with Crippen LogP contribution in [-0.2, 0) is 39.4 Å². The Kier molecular flexibility index (Phi) is 7.01. The fourth-order valence-corrected chi connectivity index (χ4v) is 7.40. The highest BCUT2D eigenvalue weighted by Crippen LogP contribution is 2.40. The van der Waals surface area contributed by atoms with Crippen molar-refractivity contribution < 1.29 is 23.8 Å². The van der Waals surface area contributed by atoms with Crippen molar-refractivity contribution in [3.05, 3.63) is 56.9 Å². The summed E-state index contributed by atoms with van der Waals surface area (Å²) < 4.78 is 18.5. The van der Waals surface area contributed by atoms with Crippen molar-refractivity contribution in [2.24, 2.45) is 0 Å². The van der Waals surface area contributed by atoms with Crippen LogP contribution in [0.1, 0.15) is 68.2 Å². The Morgan fingerprint density at radius 2 is 1.84 bits per heavy atom. The molecule has 3 aromatic rings. The highest BCUT2D eigenvalue weighted by Gasteiger charge is 2.45. The summed E-state index contributed by atoms with van der Waals surface area (Å²) in [5.41, 5.74) is 3.55. The number of carbonyl (C=O) groups excluding carboxylic acids is 2. The van der Waals surface area contributed by atoms with Gasteiger partial charge in [0.05, 0.1) is 29.0 Å². The molecule has 43 heavy (non-hydrogen) atoms. The number of hydrogen-bond acceptors (Lipinski definition) is 8. The van der Waals surface area contributed by atoms with E-state index in [-0.39, 0.29) is 18.3 Å². The van der Waals surface area contributed by atoms with Crippen LogP contribution < -0.4 is 10.3 Å². The smallest absolute Gasteiger partial charge is 0.415 e. The average molecular weight is 587 g/mol. The second kappa shape index (κ2) is 10.7. The van der Waals surface area contributed by atoms with Crippen LogP contribution in [0.4, 0.5) is 4.79 Å². The number of carbonyl (C=O) groups is 2. The molecule has 1 unspecified atom stereocenters. The number of piperidine rings is 2. The lowest BCUT2D eigenvalue weighted by Crippen LogP contribution is -2.48. The number of rotatable bonds is 4. The number of hydrogen-bond donors (Lipinski definition) is 0. The van der Waals surface area contributed by atoms with Crippen molar-refractivity contribution >= 4 is 23.0 Å². The largest absolute Gasteiger partial charge is 0.458 e. The first-order valence-corrected chi connectivity index (χ1v) is 15.5. The lowest BCUT2D eigenvalue weighted by molar-refractivity contribution is -0.173. The Hall–Kier alpha value is -3.76. The maximum Gasteiger partial charge on any atom is 0.415 e. The number of fused-ring (bicyclic) bond motifs is 5. The van der Waals surface area contributed by atoms with Gasteiger partial charge >= 0.3 is 12.1 Å². The number of methoxy groups -OCH3 is 1. The van der Waals surface area contributed by atoms with Gasteiger partial charge < -0.3 is 28.6 Å². The van der Waals surface area contributed by atoms with Crippen LogP contribution in [-0.4, -0.2) is 70.7 Å². The van der Waals surface area contributed by atoms with E-state index in [0.717, 1.165) is 40.6 Å². The number of amides is 1. The number of aromatic nitrogens is 2. The predicted octanol–water partition coefficient (Wildman–Crippen LogP) is 4.36. The van der Waals surface area contributed by atoms with Gasteiger partial charge in [-0.15, -0.1) is 0 Å². The third-order valence-electron chi connectivity index (χ3n) is 9.98. The van der Waals surface area contributed by atoms with Gasteiger partial charge in [0.25, 0.3) is 5.56 Å². The van der Waals surface area contributed by atoms with Crippen LogP contribution in [0.25, 0.3) is 22.3 Å². The summed E-state index contributed by atoms with van der Waals surface area (Å²) in [6.07, 6.45) is 6.23. The fourth-order valence-electron chi connectivity index (χ4n) is 7.40. The molecule has 0 saturated carbocycles. The number of pyridine rings is 2. The van der Waals surface area contributed by atoms with Gasteiger partial charge in [0.2, 0.25) is 0 Å². The molecular formula is C33H38N4O6. The minimum Gasteiger partial charge on any atom is -0.458 e. The van der Waals surface area contributed by atoms with Gasteiger partial charge in [-0.05, 0) is 81.9 Å². The molecule has 2 fully saturated rings. The van der Waals surface area contributed by atoms with Crippen molar-refractivity contribution in [2.45, 2.75) is 77.2 Å². The van der Waals surface area contributed by atoms with Crippen LogP contribution in [0.3, 0.4) is 0 Å². The molecule has 0 aliphatic carbocycles. The first-order chi connectivity index (χ1) is 20.8. The molecule has 1 amide bonds. The van der Waals surface area contributed by atoms with E-state index < -0.39 is 11.6 Å². The highest BCUT2D eigenvalue weighted by atomic mass is 16.6. The van der Waals surface area contributed by atoms with Crippen LogP contribution >= 0.6 is 0 Å². The molecule has 1 atom stereocenters. The highest BCUT2D eigenvalue weighted by molar-refractivity contribution is 5.90. The molecule has 1 aromatic carbocycles. The number of benzene rings is 1. The van der Waals surface area contributed by atoms with Gasteiger partial charge in [0.1, 0.15) is 12.4 Å². The number of likely N-dealkylation sites (tertiary alicyclic amines) is 2. The number of aryl methyl sites for hydroxylation is 1. The molecule has 2 aromatic heterocycles. The monoisotopic (exact) mass is 586 g/mol. The molecule has 4 aliphatic heterocycles.